The molecular formula is C17H20N2O3S2. The monoisotopic (exact) mass is 364 g/mol. The van der Waals surface area contributed by atoms with Gasteiger partial charge in [-0.1, -0.05) is 6.07 Å². The summed E-state index contributed by atoms with van der Waals surface area (Å²) in [4.78, 5) is 13.9. The van der Waals surface area contributed by atoms with Crippen molar-refractivity contribution in [3.05, 3.63) is 39.6 Å². The molecule has 1 amide bonds. The summed E-state index contributed by atoms with van der Waals surface area (Å²) < 4.78 is 27.9. The summed E-state index contributed by atoms with van der Waals surface area (Å²) >= 11 is 1.46. The Morgan fingerprint density at radius 2 is 1.88 bits per heavy atom. The molecule has 1 heterocycles. The topological polar surface area (TPSA) is 75.3 Å². The molecular weight excluding hydrogens is 344 g/mol. The standard InChI is InChI=1S/C17H20N2O3S2/c1-10-4-7-14(18-17(20)13-5-6-13)9-15(10)19-24(21,22)16-8-11(2)23-12(16)3/h4,7-9,13,19H,5-6H2,1-3H3,(H,18,20). The Labute approximate surface area is 146 Å². The van der Waals surface area contributed by atoms with Crippen molar-refractivity contribution in [1.29, 1.82) is 0 Å². The maximum Gasteiger partial charge on any atom is 0.263 e. The molecule has 1 aromatic carbocycles. The molecule has 0 saturated heterocycles. The zero-order chi connectivity index (χ0) is 17.5. The first-order valence-electron chi connectivity index (χ1n) is 7.77. The summed E-state index contributed by atoms with van der Waals surface area (Å²) in [7, 11) is -3.65. The molecule has 2 aromatic rings. The quantitative estimate of drug-likeness (QED) is 0.847. The number of carbonyl (C=O) groups excluding carboxylic acids is 1. The van der Waals surface area contributed by atoms with Crippen LogP contribution in [-0.4, -0.2) is 14.3 Å². The number of amides is 1. The maximum atomic E-state index is 12.6. The van der Waals surface area contributed by atoms with E-state index in [1.807, 2.05) is 13.8 Å². The van der Waals surface area contributed by atoms with E-state index in [9.17, 15) is 13.2 Å². The fraction of sp³-hybridized carbons (Fsp3) is 0.353. The number of rotatable bonds is 5. The smallest absolute Gasteiger partial charge is 0.263 e. The number of benzene rings is 1. The number of sulfonamides is 1. The lowest BCUT2D eigenvalue weighted by molar-refractivity contribution is -0.117. The van der Waals surface area contributed by atoms with Crippen molar-refractivity contribution in [1.82, 2.24) is 0 Å². The van der Waals surface area contributed by atoms with Crippen molar-refractivity contribution in [3.8, 4) is 0 Å². The van der Waals surface area contributed by atoms with Gasteiger partial charge in [0.15, 0.2) is 0 Å². The second-order valence-corrected chi connectivity index (χ2v) is 9.29. The van der Waals surface area contributed by atoms with Gasteiger partial charge in [0.2, 0.25) is 5.91 Å². The van der Waals surface area contributed by atoms with Crippen molar-refractivity contribution in [2.45, 2.75) is 38.5 Å². The summed E-state index contributed by atoms with van der Waals surface area (Å²) in [6.45, 7) is 5.51. The molecule has 1 aliphatic rings. The first-order chi connectivity index (χ1) is 11.3. The number of hydrogen-bond donors (Lipinski definition) is 2. The molecule has 1 aromatic heterocycles. The average molecular weight is 364 g/mol. The van der Waals surface area contributed by atoms with Crippen molar-refractivity contribution < 1.29 is 13.2 Å². The van der Waals surface area contributed by atoms with E-state index in [1.165, 1.54) is 11.3 Å². The third-order valence-electron chi connectivity index (χ3n) is 3.98. The molecule has 5 nitrogen and oxygen atoms in total. The van der Waals surface area contributed by atoms with E-state index in [4.69, 9.17) is 0 Å². The summed E-state index contributed by atoms with van der Waals surface area (Å²) in [5.41, 5.74) is 1.88. The SMILES string of the molecule is Cc1cc(S(=O)(=O)Nc2cc(NC(=O)C3CC3)ccc2C)c(C)s1. The summed E-state index contributed by atoms with van der Waals surface area (Å²) in [6.07, 6.45) is 1.85. The van der Waals surface area contributed by atoms with E-state index in [-0.39, 0.29) is 11.8 Å². The maximum absolute atomic E-state index is 12.6. The van der Waals surface area contributed by atoms with Gasteiger partial charge in [-0.2, -0.15) is 0 Å². The Morgan fingerprint density at radius 1 is 1.17 bits per heavy atom. The number of thiophene rings is 1. The van der Waals surface area contributed by atoms with E-state index in [1.54, 1.807) is 31.2 Å². The van der Waals surface area contributed by atoms with Gasteiger partial charge < -0.3 is 5.32 Å². The lowest BCUT2D eigenvalue weighted by Crippen LogP contribution is -2.16. The van der Waals surface area contributed by atoms with Crippen LogP contribution in [-0.2, 0) is 14.8 Å². The first-order valence-corrected chi connectivity index (χ1v) is 10.1. The molecule has 0 aliphatic heterocycles. The fourth-order valence-electron chi connectivity index (χ4n) is 2.47. The van der Waals surface area contributed by atoms with Gasteiger partial charge >= 0.3 is 0 Å². The molecule has 0 bridgehead atoms. The van der Waals surface area contributed by atoms with Crippen LogP contribution in [0.5, 0.6) is 0 Å². The predicted molar refractivity (Wildman–Crippen MR) is 97.1 cm³/mol. The van der Waals surface area contributed by atoms with Crippen LogP contribution in [0.2, 0.25) is 0 Å². The second-order valence-electron chi connectivity index (χ2n) is 6.18. The lowest BCUT2D eigenvalue weighted by atomic mass is 10.2. The van der Waals surface area contributed by atoms with Crippen LogP contribution in [0.25, 0.3) is 0 Å². The van der Waals surface area contributed by atoms with Gasteiger partial charge in [0.25, 0.3) is 10.0 Å². The molecule has 2 N–H and O–H groups in total. The number of hydrogen-bond acceptors (Lipinski definition) is 4. The summed E-state index contributed by atoms with van der Waals surface area (Å²) in [6, 6.07) is 6.93. The molecule has 1 saturated carbocycles. The molecule has 3 rings (SSSR count). The fourth-order valence-corrected chi connectivity index (χ4v) is 5.15. The Kier molecular flexibility index (Phi) is 4.40. The first kappa shape index (κ1) is 17.0. The van der Waals surface area contributed by atoms with Crippen LogP contribution in [0.4, 0.5) is 11.4 Å². The van der Waals surface area contributed by atoms with Gasteiger partial charge in [0.1, 0.15) is 4.90 Å². The van der Waals surface area contributed by atoms with E-state index >= 15 is 0 Å². The number of nitrogens with one attached hydrogen (secondary N) is 2. The lowest BCUT2D eigenvalue weighted by Gasteiger charge is -2.13. The highest BCUT2D eigenvalue weighted by molar-refractivity contribution is 7.93. The van der Waals surface area contributed by atoms with Crippen LogP contribution in [0.3, 0.4) is 0 Å². The largest absolute Gasteiger partial charge is 0.326 e. The van der Waals surface area contributed by atoms with E-state index in [0.29, 0.717) is 16.3 Å². The minimum absolute atomic E-state index is 0.00281. The summed E-state index contributed by atoms with van der Waals surface area (Å²) in [5.74, 6) is 0.0971. The van der Waals surface area contributed by atoms with Crippen LogP contribution >= 0.6 is 11.3 Å². The van der Waals surface area contributed by atoms with Gasteiger partial charge in [-0.15, -0.1) is 11.3 Å². The Bertz CT molecular complexity index is 897. The highest BCUT2D eigenvalue weighted by Gasteiger charge is 2.29. The third-order valence-corrected chi connectivity index (χ3v) is 6.57. The number of aryl methyl sites for hydroxylation is 3. The molecule has 128 valence electrons. The van der Waals surface area contributed by atoms with Gasteiger partial charge in [-0.3, -0.25) is 9.52 Å². The molecule has 7 heteroatoms. The van der Waals surface area contributed by atoms with Crippen LogP contribution < -0.4 is 10.0 Å². The van der Waals surface area contributed by atoms with Crippen LogP contribution in [0, 0.1) is 26.7 Å². The molecule has 24 heavy (non-hydrogen) atoms. The van der Waals surface area contributed by atoms with E-state index < -0.39 is 10.0 Å². The van der Waals surface area contributed by atoms with Crippen molar-refractivity contribution in [2.24, 2.45) is 5.92 Å². The third kappa shape index (κ3) is 3.62. The van der Waals surface area contributed by atoms with Crippen molar-refractivity contribution >= 4 is 38.6 Å². The molecule has 0 atom stereocenters. The number of anilines is 2. The van der Waals surface area contributed by atoms with E-state index in [2.05, 4.69) is 10.0 Å². The predicted octanol–water partition coefficient (Wildman–Crippen LogP) is 3.82. The van der Waals surface area contributed by atoms with Crippen LogP contribution in [0.15, 0.2) is 29.2 Å². The second kappa shape index (κ2) is 6.22. The number of carbonyl (C=O) groups is 1. The minimum Gasteiger partial charge on any atom is -0.326 e. The van der Waals surface area contributed by atoms with Gasteiger partial charge in [-0.05, 0) is 57.4 Å². The zero-order valence-electron chi connectivity index (χ0n) is 13.8. The van der Waals surface area contributed by atoms with Crippen molar-refractivity contribution in [3.63, 3.8) is 0 Å². The Balaban J connectivity index is 1.85. The Morgan fingerprint density at radius 3 is 2.46 bits per heavy atom. The Hall–Kier alpha value is -1.86. The van der Waals surface area contributed by atoms with Gasteiger partial charge in [-0.25, -0.2) is 8.42 Å². The van der Waals surface area contributed by atoms with Gasteiger partial charge in [0.05, 0.1) is 5.69 Å². The van der Waals surface area contributed by atoms with Crippen LogP contribution in [0.1, 0.15) is 28.2 Å². The average Bonchev–Trinajstić information content (AvgIpc) is 3.27. The van der Waals surface area contributed by atoms with Gasteiger partial charge in [0, 0.05) is 21.4 Å². The molecule has 1 fully saturated rings. The normalized spacial score (nSPS) is 14.5. The highest BCUT2D eigenvalue weighted by Crippen LogP contribution is 2.32. The van der Waals surface area contributed by atoms with Crippen molar-refractivity contribution in [2.75, 3.05) is 10.0 Å². The molecule has 0 spiro atoms. The zero-order valence-corrected chi connectivity index (χ0v) is 15.5. The molecule has 0 radical (unpaired) electrons. The highest BCUT2D eigenvalue weighted by atomic mass is 32.2. The minimum atomic E-state index is -3.65. The summed E-state index contributed by atoms with van der Waals surface area (Å²) in [5, 5.41) is 2.84. The molecule has 0 unspecified atom stereocenters. The molecule has 1 aliphatic carbocycles. The van der Waals surface area contributed by atoms with E-state index in [0.717, 1.165) is 28.2 Å².